The molecule has 2 aromatic heterocycles. The Hall–Kier alpha value is -5.38. The number of H-pyrrole nitrogens is 2. The molecule has 2 saturated heterocycles. The van der Waals surface area contributed by atoms with Crippen molar-refractivity contribution in [2.45, 2.75) is 130 Å². The zero-order valence-electron chi connectivity index (χ0n) is 37.2. The maximum absolute atomic E-state index is 13.1. The van der Waals surface area contributed by atoms with Crippen molar-refractivity contribution in [1.82, 2.24) is 29.7 Å². The molecular formula is C51H62N6O4. The lowest BCUT2D eigenvalue weighted by Crippen LogP contribution is -2.37. The minimum absolute atomic E-state index is 0.138. The summed E-state index contributed by atoms with van der Waals surface area (Å²) >= 11 is 0. The quantitative estimate of drug-likeness (QED) is 0.176. The highest BCUT2D eigenvalue weighted by molar-refractivity contribution is 5.81. The van der Waals surface area contributed by atoms with Crippen LogP contribution in [0, 0.1) is 17.3 Å². The molecule has 3 fully saturated rings. The van der Waals surface area contributed by atoms with Crippen molar-refractivity contribution in [2.75, 3.05) is 13.1 Å². The number of amides is 2. The lowest BCUT2D eigenvalue weighted by atomic mass is 9.82. The zero-order valence-corrected chi connectivity index (χ0v) is 37.2. The molecule has 1 saturated carbocycles. The van der Waals surface area contributed by atoms with Gasteiger partial charge in [-0.15, -0.1) is 0 Å². The van der Waals surface area contributed by atoms with Crippen LogP contribution in [0.4, 0.5) is 9.59 Å². The Labute approximate surface area is 360 Å². The van der Waals surface area contributed by atoms with Crippen molar-refractivity contribution in [1.29, 1.82) is 0 Å². The minimum atomic E-state index is -0.550. The van der Waals surface area contributed by atoms with E-state index < -0.39 is 11.2 Å². The summed E-state index contributed by atoms with van der Waals surface area (Å²) in [7, 11) is 0. The van der Waals surface area contributed by atoms with Crippen LogP contribution in [0.15, 0.2) is 73.1 Å². The first-order valence-electron chi connectivity index (χ1n) is 22.5. The van der Waals surface area contributed by atoms with Gasteiger partial charge in [0.25, 0.3) is 0 Å². The fraction of sp³-hybridized carbons (Fsp3) is 0.490. The number of hydrogen-bond acceptors (Lipinski definition) is 6. The summed E-state index contributed by atoms with van der Waals surface area (Å²) in [6.45, 7) is 17.1. The Morgan fingerprint density at radius 3 is 1.36 bits per heavy atom. The Bertz CT molecular complexity index is 2250. The topological polar surface area (TPSA) is 116 Å². The molecule has 0 bridgehead atoms. The van der Waals surface area contributed by atoms with Gasteiger partial charge in [-0.05, 0) is 142 Å². The first kappa shape index (κ1) is 41.0. The molecule has 2 aliphatic heterocycles. The molecule has 4 atom stereocenters. The molecule has 5 aromatic rings. The predicted molar refractivity (Wildman–Crippen MR) is 240 cm³/mol. The smallest absolute Gasteiger partial charge is 0.410 e. The standard InChI is InChI=1S/C51H62N6O4/c1-31-23-43(56(29-31)47(58)60-49(3,4)5)45-52-27-41(54-45)35-15-11-33(12-16-35)37-19-20-38(40-26-51(25-39(37)40)21-9-10-22-51)34-13-17-36(18-14-34)42-28-53-46(55-42)44-24-32(2)30-57(44)48(59)61-50(6,7)8/h11-20,27-28,31-32,43-44H,9-10,21-26,29-30H2,1-8H3,(H,52,54)(H,53,55)/t31-,32-,43-,44-/m0/s1. The number of imidazole rings is 2. The predicted octanol–water partition coefficient (Wildman–Crippen LogP) is 12.1. The molecule has 0 unspecified atom stereocenters. The largest absolute Gasteiger partial charge is 0.444 e. The fourth-order valence-electron chi connectivity index (χ4n) is 10.5. The highest BCUT2D eigenvalue weighted by atomic mass is 16.6. The van der Waals surface area contributed by atoms with Gasteiger partial charge in [0.05, 0.1) is 35.9 Å². The lowest BCUT2D eigenvalue weighted by molar-refractivity contribution is 0.0204. The van der Waals surface area contributed by atoms with Crippen LogP contribution in [-0.2, 0) is 22.3 Å². The summed E-state index contributed by atoms with van der Waals surface area (Å²) in [6, 6.07) is 22.2. The van der Waals surface area contributed by atoms with Crippen LogP contribution in [0.1, 0.15) is 129 Å². The second kappa shape index (κ2) is 15.5. The van der Waals surface area contributed by atoms with Crippen LogP contribution in [0.5, 0.6) is 0 Å². The van der Waals surface area contributed by atoms with Gasteiger partial charge in [-0.2, -0.15) is 0 Å². The van der Waals surface area contributed by atoms with Crippen LogP contribution in [-0.4, -0.2) is 66.2 Å². The van der Waals surface area contributed by atoms with E-state index in [1.807, 2.05) is 63.7 Å². The number of hydrogen-bond donors (Lipinski definition) is 2. The average Bonchev–Trinajstić information content (AvgIpc) is 4.06. The molecule has 4 heterocycles. The van der Waals surface area contributed by atoms with E-state index in [0.29, 0.717) is 30.3 Å². The lowest BCUT2D eigenvalue weighted by Gasteiger charge is -2.27. The van der Waals surface area contributed by atoms with E-state index in [1.165, 1.54) is 59.1 Å². The molecule has 61 heavy (non-hydrogen) atoms. The highest BCUT2D eigenvalue weighted by Gasteiger charge is 2.42. The maximum Gasteiger partial charge on any atom is 0.410 e. The second-order valence-electron chi connectivity index (χ2n) is 20.7. The van der Waals surface area contributed by atoms with E-state index in [-0.39, 0.29) is 24.3 Å². The summed E-state index contributed by atoms with van der Waals surface area (Å²) in [5, 5.41) is 0. The molecular weight excluding hydrogens is 761 g/mol. The fourth-order valence-corrected chi connectivity index (χ4v) is 10.5. The number of aromatic nitrogens is 4. The Kier molecular flexibility index (Phi) is 10.4. The Morgan fingerprint density at radius 2 is 0.984 bits per heavy atom. The van der Waals surface area contributed by atoms with Gasteiger partial charge in [-0.1, -0.05) is 87.4 Å². The number of benzene rings is 3. The number of nitrogens with zero attached hydrogens (tertiary/aromatic N) is 4. The third-order valence-corrected chi connectivity index (χ3v) is 13.3. The van der Waals surface area contributed by atoms with Gasteiger partial charge in [-0.3, -0.25) is 9.80 Å². The average molecular weight is 823 g/mol. The summed E-state index contributed by atoms with van der Waals surface area (Å²) in [4.78, 5) is 46.6. The van der Waals surface area contributed by atoms with Gasteiger partial charge >= 0.3 is 12.2 Å². The third kappa shape index (κ3) is 8.35. The van der Waals surface area contributed by atoms with Crippen molar-refractivity contribution in [3.63, 3.8) is 0 Å². The van der Waals surface area contributed by atoms with E-state index in [9.17, 15) is 9.59 Å². The third-order valence-electron chi connectivity index (χ3n) is 13.3. The Morgan fingerprint density at radius 1 is 0.607 bits per heavy atom. The van der Waals surface area contributed by atoms with Gasteiger partial charge < -0.3 is 19.4 Å². The molecule has 4 aliphatic rings. The summed E-state index contributed by atoms with van der Waals surface area (Å²) in [5.74, 6) is 2.34. The van der Waals surface area contributed by atoms with Gasteiger partial charge in [0.15, 0.2) is 0 Å². The second-order valence-corrected chi connectivity index (χ2v) is 20.7. The maximum atomic E-state index is 13.1. The van der Waals surface area contributed by atoms with Crippen LogP contribution >= 0.6 is 0 Å². The molecule has 10 nitrogen and oxygen atoms in total. The van der Waals surface area contributed by atoms with Crippen LogP contribution < -0.4 is 0 Å². The first-order chi connectivity index (χ1) is 29.0. The molecule has 3 aromatic carbocycles. The molecule has 0 radical (unpaired) electrons. The Balaban J connectivity index is 0.949. The highest BCUT2D eigenvalue weighted by Crippen LogP contribution is 2.53. The van der Waals surface area contributed by atoms with Gasteiger partial charge in [0, 0.05) is 13.1 Å². The SMILES string of the molecule is C[C@H]1C[C@@H](c2ncc(-c3ccc(-c4ccc(-c5ccc(-c6cnc([C@@H]7C[C@H](C)CN7C(=O)OC(C)(C)C)[nH]6)cc5)c5c4CC4(CCCC4)C5)cc3)[nH]2)N(C(=O)OC(C)(C)C)C1. The molecule has 2 aliphatic carbocycles. The molecule has 2 N–H and O–H groups in total. The number of nitrogens with one attached hydrogen (secondary N) is 2. The number of aromatic amines is 2. The number of fused-ring (bicyclic) bond motifs is 1. The van der Waals surface area contributed by atoms with Crippen LogP contribution in [0.3, 0.4) is 0 Å². The monoisotopic (exact) mass is 822 g/mol. The number of carbonyl (C=O) groups is 2. The summed E-state index contributed by atoms with van der Waals surface area (Å²) in [5.41, 5.74) is 11.4. The first-order valence-corrected chi connectivity index (χ1v) is 22.5. The number of likely N-dealkylation sites (tertiary alicyclic amines) is 2. The van der Waals surface area contributed by atoms with Crippen molar-refractivity contribution < 1.29 is 19.1 Å². The summed E-state index contributed by atoms with van der Waals surface area (Å²) in [6.07, 6.45) is 12.4. The molecule has 1 spiro atoms. The molecule has 2 amide bonds. The normalized spacial score (nSPS) is 22.3. The van der Waals surface area contributed by atoms with Crippen molar-refractivity contribution in [3.05, 3.63) is 95.8 Å². The van der Waals surface area contributed by atoms with Crippen molar-refractivity contribution >= 4 is 12.2 Å². The molecule has 10 heteroatoms. The van der Waals surface area contributed by atoms with Crippen molar-refractivity contribution in [2.24, 2.45) is 17.3 Å². The van der Waals surface area contributed by atoms with Gasteiger partial charge in [-0.25, -0.2) is 19.6 Å². The van der Waals surface area contributed by atoms with Gasteiger partial charge in [0.1, 0.15) is 22.9 Å². The summed E-state index contributed by atoms with van der Waals surface area (Å²) < 4.78 is 11.5. The van der Waals surface area contributed by atoms with E-state index in [0.717, 1.165) is 59.8 Å². The number of rotatable bonds is 6. The minimum Gasteiger partial charge on any atom is -0.444 e. The number of ether oxygens (including phenoxy) is 2. The van der Waals surface area contributed by atoms with E-state index in [4.69, 9.17) is 19.4 Å². The zero-order chi connectivity index (χ0) is 42.8. The van der Waals surface area contributed by atoms with Gasteiger partial charge in [0.2, 0.25) is 0 Å². The van der Waals surface area contributed by atoms with Crippen molar-refractivity contribution in [3.8, 4) is 44.8 Å². The van der Waals surface area contributed by atoms with E-state index in [2.05, 4.69) is 84.5 Å². The van der Waals surface area contributed by atoms with E-state index >= 15 is 0 Å². The van der Waals surface area contributed by atoms with E-state index in [1.54, 1.807) is 0 Å². The molecule has 9 rings (SSSR count). The van der Waals surface area contributed by atoms with Crippen LogP contribution in [0.2, 0.25) is 0 Å². The molecule has 320 valence electrons. The number of carbonyl (C=O) groups excluding carboxylic acids is 2. The van der Waals surface area contributed by atoms with Crippen LogP contribution in [0.25, 0.3) is 44.8 Å².